The second kappa shape index (κ2) is 5.97. The number of ketones is 1. The lowest BCUT2D eigenvalue weighted by Gasteiger charge is -2.24. The van der Waals surface area contributed by atoms with Crippen LogP contribution in [0.15, 0.2) is 34.9 Å². The Labute approximate surface area is 104 Å². The van der Waals surface area contributed by atoms with E-state index in [1.165, 1.54) is 5.57 Å². The second-order valence-corrected chi connectivity index (χ2v) is 5.06. The number of hydrogen-bond donors (Lipinski definition) is 1. The summed E-state index contributed by atoms with van der Waals surface area (Å²) in [6.45, 7) is 7.90. The van der Waals surface area contributed by atoms with Gasteiger partial charge in [-0.2, -0.15) is 0 Å². The molecule has 2 heteroatoms. The summed E-state index contributed by atoms with van der Waals surface area (Å²) >= 11 is 0. The number of carbonyl (C=O) groups excluding carboxylic acids is 1. The van der Waals surface area contributed by atoms with Crippen molar-refractivity contribution in [2.75, 3.05) is 0 Å². The van der Waals surface area contributed by atoms with Gasteiger partial charge in [-0.05, 0) is 52.2 Å². The quantitative estimate of drug-likeness (QED) is 0.761. The highest BCUT2D eigenvalue weighted by Gasteiger charge is 2.27. The molecule has 0 aromatic heterocycles. The third-order valence-corrected chi connectivity index (χ3v) is 3.21. The Hall–Kier alpha value is -1.15. The molecule has 0 aliphatic heterocycles. The molecule has 1 rings (SSSR count). The van der Waals surface area contributed by atoms with Gasteiger partial charge in [0.05, 0.1) is 6.10 Å². The first-order valence-electron chi connectivity index (χ1n) is 6.12. The molecule has 0 unspecified atom stereocenters. The Bertz CT molecular complexity index is 382. The number of carbonyl (C=O) groups is 1. The standard InChI is InChI=1S/C15H22O2/c1-10(2)6-5-7-11(3)13-9-14(16)12(4)8-15(13)17/h6-8,13-14,16H,5,9H2,1-4H3/b11-7-/t13-,14+/m1/s1. The lowest BCUT2D eigenvalue weighted by molar-refractivity contribution is -0.118. The molecule has 0 aromatic rings. The van der Waals surface area contributed by atoms with Gasteiger partial charge < -0.3 is 5.11 Å². The van der Waals surface area contributed by atoms with E-state index in [1.54, 1.807) is 13.0 Å². The van der Waals surface area contributed by atoms with E-state index in [9.17, 15) is 9.90 Å². The van der Waals surface area contributed by atoms with E-state index in [4.69, 9.17) is 0 Å². The van der Waals surface area contributed by atoms with Crippen molar-refractivity contribution in [3.05, 3.63) is 34.9 Å². The van der Waals surface area contributed by atoms with E-state index in [0.717, 1.165) is 17.6 Å². The van der Waals surface area contributed by atoms with Crippen LogP contribution in [0.1, 0.15) is 40.5 Å². The third kappa shape index (κ3) is 3.97. The highest BCUT2D eigenvalue weighted by atomic mass is 16.3. The summed E-state index contributed by atoms with van der Waals surface area (Å²) in [6.07, 6.45) is 6.71. The molecule has 2 nitrogen and oxygen atoms in total. The molecule has 0 radical (unpaired) electrons. The number of rotatable bonds is 3. The largest absolute Gasteiger partial charge is 0.389 e. The molecule has 0 bridgehead atoms. The molecular weight excluding hydrogens is 212 g/mol. The molecule has 1 N–H and O–H groups in total. The molecule has 0 aromatic carbocycles. The summed E-state index contributed by atoms with van der Waals surface area (Å²) in [5, 5.41) is 9.77. The van der Waals surface area contributed by atoms with Gasteiger partial charge in [0.15, 0.2) is 5.78 Å². The van der Waals surface area contributed by atoms with Crippen LogP contribution in [0.3, 0.4) is 0 Å². The Morgan fingerprint density at radius 1 is 1.41 bits per heavy atom. The van der Waals surface area contributed by atoms with Gasteiger partial charge >= 0.3 is 0 Å². The van der Waals surface area contributed by atoms with Gasteiger partial charge in [-0.25, -0.2) is 0 Å². The molecule has 0 saturated carbocycles. The molecular formula is C15H22O2. The van der Waals surface area contributed by atoms with Crippen LogP contribution >= 0.6 is 0 Å². The first-order valence-corrected chi connectivity index (χ1v) is 6.12. The predicted octanol–water partition coefficient (Wildman–Crippen LogP) is 3.19. The van der Waals surface area contributed by atoms with Crippen molar-refractivity contribution in [3.8, 4) is 0 Å². The summed E-state index contributed by atoms with van der Waals surface area (Å²) in [6, 6.07) is 0. The smallest absolute Gasteiger partial charge is 0.162 e. The van der Waals surface area contributed by atoms with Gasteiger partial charge in [0.1, 0.15) is 0 Å². The summed E-state index contributed by atoms with van der Waals surface area (Å²) in [4.78, 5) is 11.8. The molecule has 0 fully saturated rings. The minimum atomic E-state index is -0.468. The zero-order valence-electron chi connectivity index (χ0n) is 11.2. The Kier molecular flexibility index (Phi) is 4.88. The second-order valence-electron chi connectivity index (χ2n) is 5.06. The molecule has 17 heavy (non-hydrogen) atoms. The van der Waals surface area contributed by atoms with Gasteiger partial charge in [-0.3, -0.25) is 4.79 Å². The molecule has 94 valence electrons. The highest BCUT2D eigenvalue weighted by Crippen LogP contribution is 2.27. The Balaban J connectivity index is 2.74. The highest BCUT2D eigenvalue weighted by molar-refractivity contribution is 5.95. The maximum Gasteiger partial charge on any atom is 0.162 e. The van der Waals surface area contributed by atoms with Crippen molar-refractivity contribution in [2.24, 2.45) is 5.92 Å². The van der Waals surface area contributed by atoms with E-state index in [0.29, 0.717) is 6.42 Å². The van der Waals surface area contributed by atoms with Crippen molar-refractivity contribution in [1.29, 1.82) is 0 Å². The molecule has 0 heterocycles. The van der Waals surface area contributed by atoms with Gasteiger partial charge in [-0.15, -0.1) is 0 Å². The SMILES string of the molecule is CC(C)=CC/C=C(/C)[C@H]1C[C@H](O)C(C)=CC1=O. The van der Waals surface area contributed by atoms with Crippen LogP contribution in [0, 0.1) is 5.92 Å². The van der Waals surface area contributed by atoms with Crippen molar-refractivity contribution < 1.29 is 9.90 Å². The summed E-state index contributed by atoms with van der Waals surface area (Å²) < 4.78 is 0. The molecule has 1 aliphatic carbocycles. The normalized spacial score (nSPS) is 25.6. The van der Waals surface area contributed by atoms with Gasteiger partial charge in [-0.1, -0.05) is 23.3 Å². The van der Waals surface area contributed by atoms with Crippen LogP contribution in [0.25, 0.3) is 0 Å². The Morgan fingerprint density at radius 2 is 2.06 bits per heavy atom. The fourth-order valence-electron chi connectivity index (χ4n) is 1.98. The van der Waals surface area contributed by atoms with Crippen LogP contribution in [0.4, 0.5) is 0 Å². The van der Waals surface area contributed by atoms with Crippen LogP contribution in [-0.4, -0.2) is 17.0 Å². The fourth-order valence-corrected chi connectivity index (χ4v) is 1.98. The van der Waals surface area contributed by atoms with Crippen molar-refractivity contribution in [2.45, 2.75) is 46.6 Å². The molecule has 0 amide bonds. The van der Waals surface area contributed by atoms with E-state index < -0.39 is 6.10 Å². The average Bonchev–Trinajstić information content (AvgIpc) is 2.22. The van der Waals surface area contributed by atoms with Crippen LogP contribution in [-0.2, 0) is 4.79 Å². The average molecular weight is 234 g/mol. The van der Waals surface area contributed by atoms with Crippen LogP contribution < -0.4 is 0 Å². The summed E-state index contributed by atoms with van der Waals surface area (Å²) in [5.74, 6) is -0.0157. The first kappa shape index (κ1) is 13.9. The lowest BCUT2D eigenvalue weighted by atomic mass is 9.82. The number of aliphatic hydroxyl groups excluding tert-OH is 1. The molecule has 2 atom stereocenters. The zero-order valence-corrected chi connectivity index (χ0v) is 11.2. The number of hydrogen-bond acceptors (Lipinski definition) is 2. The van der Waals surface area contributed by atoms with Gasteiger partial charge in [0.25, 0.3) is 0 Å². The minimum absolute atomic E-state index is 0.124. The summed E-state index contributed by atoms with van der Waals surface area (Å²) in [5.41, 5.74) is 3.12. The maximum absolute atomic E-state index is 11.8. The predicted molar refractivity (Wildman–Crippen MR) is 70.7 cm³/mol. The molecule has 1 aliphatic rings. The van der Waals surface area contributed by atoms with Crippen molar-refractivity contribution in [1.82, 2.24) is 0 Å². The van der Waals surface area contributed by atoms with Gasteiger partial charge in [0.2, 0.25) is 0 Å². The monoisotopic (exact) mass is 234 g/mol. The van der Waals surface area contributed by atoms with E-state index in [-0.39, 0.29) is 11.7 Å². The fraction of sp³-hybridized carbons (Fsp3) is 0.533. The molecule has 0 saturated heterocycles. The molecule has 0 spiro atoms. The first-order chi connectivity index (χ1) is 7.91. The van der Waals surface area contributed by atoms with E-state index in [2.05, 4.69) is 26.0 Å². The lowest BCUT2D eigenvalue weighted by Crippen LogP contribution is -2.27. The summed E-state index contributed by atoms with van der Waals surface area (Å²) in [7, 11) is 0. The zero-order chi connectivity index (χ0) is 13.0. The van der Waals surface area contributed by atoms with E-state index >= 15 is 0 Å². The van der Waals surface area contributed by atoms with Crippen molar-refractivity contribution >= 4 is 5.78 Å². The van der Waals surface area contributed by atoms with E-state index in [1.807, 2.05) is 6.92 Å². The van der Waals surface area contributed by atoms with Gasteiger partial charge in [0, 0.05) is 5.92 Å². The minimum Gasteiger partial charge on any atom is -0.389 e. The topological polar surface area (TPSA) is 37.3 Å². The third-order valence-electron chi connectivity index (χ3n) is 3.21. The maximum atomic E-state index is 11.8. The number of aliphatic hydroxyl groups is 1. The van der Waals surface area contributed by atoms with Crippen LogP contribution in [0.5, 0.6) is 0 Å². The van der Waals surface area contributed by atoms with Crippen molar-refractivity contribution in [3.63, 3.8) is 0 Å². The van der Waals surface area contributed by atoms with Crippen LogP contribution in [0.2, 0.25) is 0 Å². The Morgan fingerprint density at radius 3 is 2.65 bits per heavy atom. The number of allylic oxidation sites excluding steroid dienone is 5.